The molecule has 0 radical (unpaired) electrons. The third-order valence-electron chi connectivity index (χ3n) is 11.5. The summed E-state index contributed by atoms with van der Waals surface area (Å²) in [7, 11) is 0.105. The summed E-state index contributed by atoms with van der Waals surface area (Å²) in [5, 5.41) is 7.37. The lowest BCUT2D eigenvalue weighted by atomic mass is 9.94. The van der Waals surface area contributed by atoms with Gasteiger partial charge in [-0.1, -0.05) is 141 Å². The topological polar surface area (TPSA) is 56.1 Å². The van der Waals surface area contributed by atoms with Gasteiger partial charge in [-0.2, -0.15) is 0 Å². The number of hydrogen-bond acceptors (Lipinski definition) is 3. The van der Waals surface area contributed by atoms with Gasteiger partial charge in [0.2, 0.25) is 0 Å². The number of hydrogen-bond donors (Lipinski definition) is 2. The molecule has 0 amide bonds. The molecular formula is C54H49N3OS. The predicted octanol–water partition coefficient (Wildman–Crippen LogP) is 13.7. The lowest BCUT2D eigenvalue weighted by molar-refractivity contribution is 0.555. The molecule has 11 rings (SSSR count). The van der Waals surface area contributed by atoms with E-state index in [0.29, 0.717) is 6.04 Å². The van der Waals surface area contributed by atoms with E-state index in [4.69, 9.17) is 10.3 Å². The Morgan fingerprint density at radius 1 is 0.627 bits per heavy atom. The molecule has 2 aromatic heterocycles. The molecule has 7 aromatic carbocycles. The Morgan fingerprint density at radius 2 is 1.29 bits per heavy atom. The molecule has 59 heavy (non-hydrogen) atoms. The van der Waals surface area contributed by atoms with Gasteiger partial charge >= 0.3 is 0 Å². The van der Waals surface area contributed by atoms with Gasteiger partial charge in [-0.05, 0) is 108 Å². The van der Waals surface area contributed by atoms with E-state index in [1.54, 1.807) is 0 Å². The Morgan fingerprint density at radius 3 is 2.05 bits per heavy atom. The fourth-order valence-electron chi connectivity index (χ4n) is 8.09. The van der Waals surface area contributed by atoms with Crippen molar-refractivity contribution in [3.05, 3.63) is 204 Å². The largest absolute Gasteiger partial charge is 0.456 e. The van der Waals surface area contributed by atoms with Crippen LogP contribution >= 0.6 is 10.5 Å². The van der Waals surface area contributed by atoms with E-state index in [0.717, 1.165) is 30.4 Å². The van der Waals surface area contributed by atoms with Crippen molar-refractivity contribution in [1.82, 2.24) is 9.99 Å². The minimum absolute atomic E-state index is 0.105. The predicted molar refractivity (Wildman–Crippen MR) is 254 cm³/mol. The van der Waals surface area contributed by atoms with Gasteiger partial charge in [0.15, 0.2) is 0 Å². The lowest BCUT2D eigenvalue weighted by Crippen LogP contribution is -2.31. The van der Waals surface area contributed by atoms with Gasteiger partial charge in [-0.25, -0.2) is 0 Å². The molecule has 0 fully saturated rings. The molecule has 0 bridgehead atoms. The molecule has 0 saturated carbocycles. The van der Waals surface area contributed by atoms with E-state index < -0.39 is 0 Å². The van der Waals surface area contributed by atoms with E-state index in [-0.39, 0.29) is 10.5 Å². The van der Waals surface area contributed by atoms with Gasteiger partial charge in [0.25, 0.3) is 0 Å². The molecule has 4 heterocycles. The maximum absolute atomic E-state index is 5.79. The van der Waals surface area contributed by atoms with E-state index in [1.165, 1.54) is 81.4 Å². The second-order valence-electron chi connectivity index (χ2n) is 15.2. The van der Waals surface area contributed by atoms with Crippen molar-refractivity contribution in [2.24, 2.45) is 5.84 Å². The number of benzene rings is 7. The molecule has 0 spiro atoms. The van der Waals surface area contributed by atoms with Crippen LogP contribution in [0.15, 0.2) is 196 Å². The third kappa shape index (κ3) is 7.50. The summed E-state index contributed by atoms with van der Waals surface area (Å²) in [5.41, 5.74) is 16.4. The monoisotopic (exact) mass is 787 g/mol. The number of aromatic nitrogens is 1. The maximum Gasteiger partial charge on any atom is 0.135 e. The van der Waals surface area contributed by atoms with Crippen LogP contribution in [-0.2, 0) is 12.8 Å². The number of hydrazine groups is 1. The third-order valence-corrected chi connectivity index (χ3v) is 13.7. The Labute approximate surface area is 349 Å². The van der Waals surface area contributed by atoms with Crippen molar-refractivity contribution in [2.75, 3.05) is 0 Å². The number of allylic oxidation sites excluding steroid dienone is 3. The van der Waals surface area contributed by atoms with E-state index in [2.05, 4.69) is 187 Å². The van der Waals surface area contributed by atoms with E-state index >= 15 is 0 Å². The number of nitrogens with zero attached hydrogens (tertiary/aromatic N) is 1. The van der Waals surface area contributed by atoms with Crippen LogP contribution in [0.2, 0.25) is 0 Å². The quantitative estimate of drug-likeness (QED) is 0.0961. The van der Waals surface area contributed by atoms with Crippen LogP contribution in [0.4, 0.5) is 0 Å². The molecule has 4 nitrogen and oxygen atoms in total. The zero-order valence-corrected chi connectivity index (χ0v) is 34.7. The number of nitrogens with one attached hydrogen (secondary N) is 1. The van der Waals surface area contributed by atoms with Crippen molar-refractivity contribution >= 4 is 59.1 Å². The summed E-state index contributed by atoms with van der Waals surface area (Å²) in [5.74, 6) is 5.03. The van der Waals surface area contributed by atoms with Crippen LogP contribution in [0.5, 0.6) is 0 Å². The fourth-order valence-corrected chi connectivity index (χ4v) is 10.1. The SMILES string of the molecule is C1=CS2=C(C(Cc3ccccc3)=C1)c1cc(-c3ccc4c5ccccc5n(-c5ccccc5)c4c3)ccc12.CCC(C)NN.CCc1ccc2c(c1)oc1ccccc12. The number of rotatable bonds is 7. The first-order valence-corrected chi connectivity index (χ1v) is 21.9. The Hall–Kier alpha value is -6.24. The molecule has 3 N–H and O–H groups in total. The summed E-state index contributed by atoms with van der Waals surface area (Å²) < 4.78 is 8.19. The van der Waals surface area contributed by atoms with Crippen LogP contribution in [0.3, 0.4) is 0 Å². The Balaban J connectivity index is 0.000000176. The molecule has 2 aliphatic heterocycles. The van der Waals surface area contributed by atoms with Crippen molar-refractivity contribution < 1.29 is 4.42 Å². The van der Waals surface area contributed by atoms with Gasteiger partial charge in [-0.15, -0.1) is 10.5 Å². The number of nitrogens with two attached hydrogens (primary N) is 1. The molecule has 9 aromatic rings. The second-order valence-corrected chi connectivity index (χ2v) is 17.0. The number of para-hydroxylation sites is 3. The molecule has 2 atom stereocenters. The maximum atomic E-state index is 5.79. The molecular weight excluding hydrogens is 739 g/mol. The highest BCUT2D eigenvalue weighted by Gasteiger charge is 2.28. The van der Waals surface area contributed by atoms with Crippen LogP contribution < -0.4 is 11.3 Å². The van der Waals surface area contributed by atoms with E-state index in [9.17, 15) is 0 Å². The standard InChI is InChI=1S/C36H25NS.C14H12O.C4H12N2/c1-3-10-25(11-4-1)22-28-12-9-21-38-35-20-18-26(23-32(35)36(28)38)27-17-19-31-30-15-7-8-16-33(30)37(34(31)24-27)29-13-5-2-6-14-29;1-2-10-7-8-12-11-5-3-4-6-13(11)15-14(12)9-10;1-3-4(2)6-5/h1-21,23-24H,22H2;3-9H,2H2,1H3;4,6H,3,5H2,1-2H3. The lowest BCUT2D eigenvalue weighted by Gasteiger charge is -2.31. The highest BCUT2D eigenvalue weighted by molar-refractivity contribution is 8.20. The zero-order chi connectivity index (χ0) is 40.3. The van der Waals surface area contributed by atoms with Gasteiger partial charge < -0.3 is 8.98 Å². The first kappa shape index (κ1) is 38.3. The van der Waals surface area contributed by atoms with Gasteiger partial charge in [0.05, 0.1) is 11.0 Å². The summed E-state index contributed by atoms with van der Waals surface area (Å²) in [6.07, 6.45) is 7.68. The number of fused-ring (bicyclic) bond motifs is 9. The van der Waals surface area contributed by atoms with Crippen LogP contribution in [-0.4, -0.2) is 15.5 Å². The molecule has 2 unspecified atom stereocenters. The molecule has 2 aliphatic rings. The average Bonchev–Trinajstić information content (AvgIpc) is 3.83. The highest BCUT2D eigenvalue weighted by atomic mass is 32.2. The van der Waals surface area contributed by atoms with Crippen LogP contribution in [0.25, 0.3) is 60.6 Å². The van der Waals surface area contributed by atoms with Crippen LogP contribution in [0, 0.1) is 0 Å². The molecule has 0 aliphatic carbocycles. The number of furan rings is 1. The van der Waals surface area contributed by atoms with Gasteiger partial charge in [-0.3, -0.25) is 11.3 Å². The number of aryl methyl sites for hydroxylation is 1. The van der Waals surface area contributed by atoms with Crippen molar-refractivity contribution in [3.8, 4) is 16.8 Å². The van der Waals surface area contributed by atoms with Crippen molar-refractivity contribution in [3.63, 3.8) is 0 Å². The second kappa shape index (κ2) is 16.9. The first-order valence-electron chi connectivity index (χ1n) is 20.7. The Kier molecular flexibility index (Phi) is 11.0. The summed E-state index contributed by atoms with van der Waals surface area (Å²) in [6, 6.07) is 59.4. The van der Waals surface area contributed by atoms with E-state index in [1.807, 2.05) is 25.1 Å². The zero-order valence-electron chi connectivity index (χ0n) is 33.9. The fraction of sp³-hybridized carbons (Fsp3) is 0.130. The van der Waals surface area contributed by atoms with Gasteiger partial charge in [0.1, 0.15) is 11.2 Å². The summed E-state index contributed by atoms with van der Waals surface area (Å²) in [4.78, 5) is 2.99. The van der Waals surface area contributed by atoms with Crippen molar-refractivity contribution in [2.45, 2.75) is 51.0 Å². The first-order chi connectivity index (χ1) is 29.0. The highest BCUT2D eigenvalue weighted by Crippen LogP contribution is 2.49. The van der Waals surface area contributed by atoms with Crippen molar-refractivity contribution in [1.29, 1.82) is 0 Å². The molecule has 5 heteroatoms. The summed E-state index contributed by atoms with van der Waals surface area (Å²) in [6.45, 7) is 6.29. The Bertz CT molecular complexity index is 3040. The molecule has 292 valence electrons. The smallest absolute Gasteiger partial charge is 0.135 e. The average molecular weight is 788 g/mol. The van der Waals surface area contributed by atoms with Crippen LogP contribution in [0.1, 0.15) is 43.9 Å². The normalized spacial score (nSPS) is 14.5. The summed E-state index contributed by atoms with van der Waals surface area (Å²) >= 11 is 0. The van der Waals surface area contributed by atoms with Gasteiger partial charge in [0, 0.05) is 48.6 Å². The molecule has 0 saturated heterocycles. The minimum Gasteiger partial charge on any atom is -0.456 e. The minimum atomic E-state index is 0.105.